The quantitative estimate of drug-likeness (QED) is 0.595. The zero-order valence-corrected chi connectivity index (χ0v) is 16.3. The summed E-state index contributed by atoms with van der Waals surface area (Å²) in [5.74, 6) is -3.37. The summed E-state index contributed by atoms with van der Waals surface area (Å²) in [5.41, 5.74) is 5.20. The molecule has 4 amide bonds. The van der Waals surface area contributed by atoms with Crippen molar-refractivity contribution in [2.45, 2.75) is 44.3 Å². The summed E-state index contributed by atoms with van der Waals surface area (Å²) in [7, 11) is 0. The van der Waals surface area contributed by atoms with Gasteiger partial charge < -0.3 is 16.4 Å². The highest BCUT2D eigenvalue weighted by atomic mass is 35.5. The zero-order valence-electron chi connectivity index (χ0n) is 15.6. The molecule has 1 spiro atoms. The van der Waals surface area contributed by atoms with Crippen molar-refractivity contribution in [1.29, 1.82) is 0 Å². The average Bonchev–Trinajstić information content (AvgIpc) is 3.20. The Morgan fingerprint density at radius 3 is 2.71 bits per heavy atom. The largest absolute Gasteiger partial charge is 0.369 e. The lowest BCUT2D eigenvalue weighted by atomic mass is 9.76. The number of hydrogen-bond acceptors (Lipinski definition) is 4. The van der Waals surface area contributed by atoms with Crippen LogP contribution in [0.25, 0.3) is 0 Å². The van der Waals surface area contributed by atoms with Crippen LogP contribution < -0.4 is 16.4 Å². The van der Waals surface area contributed by atoms with Gasteiger partial charge in [-0.15, -0.1) is 0 Å². The molecule has 5 N–H and O–H groups in total. The molecule has 148 valence electrons. The van der Waals surface area contributed by atoms with Crippen LogP contribution in [0.3, 0.4) is 0 Å². The van der Waals surface area contributed by atoms with E-state index in [1.54, 1.807) is 30.4 Å². The van der Waals surface area contributed by atoms with Gasteiger partial charge in [0, 0.05) is 16.6 Å². The molecule has 28 heavy (non-hydrogen) atoms. The van der Waals surface area contributed by atoms with Crippen LogP contribution in [0.5, 0.6) is 0 Å². The first-order chi connectivity index (χ1) is 13.2. The number of nitrogens with one attached hydrogen (secondary N) is 1. The summed E-state index contributed by atoms with van der Waals surface area (Å²) < 4.78 is 0. The molecule has 9 heteroatoms. The molecule has 5 atom stereocenters. The van der Waals surface area contributed by atoms with E-state index in [0.29, 0.717) is 22.7 Å². The molecule has 0 radical (unpaired) electrons. The maximum absolute atomic E-state index is 13.4. The number of amides is 4. The highest BCUT2D eigenvalue weighted by Gasteiger charge is 2.74. The van der Waals surface area contributed by atoms with E-state index in [-0.39, 0.29) is 30.2 Å². The maximum Gasteiger partial charge on any atom is 0.291 e. The third kappa shape index (κ3) is 2.34. The number of carbonyl (C=O) groups is 4. The van der Waals surface area contributed by atoms with Gasteiger partial charge >= 0.3 is 0 Å². The van der Waals surface area contributed by atoms with E-state index in [9.17, 15) is 19.2 Å². The normalized spacial score (nSPS) is 31.9. The van der Waals surface area contributed by atoms with Crippen LogP contribution in [-0.4, -0.2) is 40.6 Å². The Labute approximate surface area is 166 Å². The van der Waals surface area contributed by atoms with Gasteiger partial charge in [0.15, 0.2) is 0 Å². The van der Waals surface area contributed by atoms with E-state index in [4.69, 9.17) is 17.3 Å². The lowest BCUT2D eigenvalue weighted by Crippen LogP contribution is -2.99. The monoisotopic (exact) mass is 405 g/mol. The molecule has 3 aliphatic heterocycles. The zero-order chi connectivity index (χ0) is 20.4. The molecule has 3 aliphatic rings. The Bertz CT molecular complexity index is 919. The molecule has 0 unspecified atom stereocenters. The molecule has 8 nitrogen and oxygen atoms in total. The second-order valence-electron chi connectivity index (χ2n) is 7.82. The summed E-state index contributed by atoms with van der Waals surface area (Å²) in [6, 6.07) is 4.10. The Kier molecular flexibility index (Phi) is 4.24. The van der Waals surface area contributed by atoms with Gasteiger partial charge in [-0.05, 0) is 31.5 Å². The third-order valence-electron chi connectivity index (χ3n) is 6.33. The molecule has 0 aliphatic carbocycles. The minimum absolute atomic E-state index is 0.0978. The van der Waals surface area contributed by atoms with E-state index < -0.39 is 29.3 Å². The molecule has 1 aromatic rings. The second-order valence-corrected chi connectivity index (χ2v) is 8.26. The van der Waals surface area contributed by atoms with Gasteiger partial charge in [-0.3, -0.25) is 24.1 Å². The van der Waals surface area contributed by atoms with Crippen molar-refractivity contribution in [3.05, 3.63) is 28.8 Å². The minimum Gasteiger partial charge on any atom is -0.369 e. The molecule has 1 aromatic carbocycles. The average molecular weight is 406 g/mol. The Morgan fingerprint density at radius 2 is 2.07 bits per heavy atom. The predicted octanol–water partition coefficient (Wildman–Crippen LogP) is -0.292. The number of halogens is 1. The molecule has 0 bridgehead atoms. The highest BCUT2D eigenvalue weighted by Crippen LogP contribution is 2.50. The molecular weight excluding hydrogens is 384 g/mol. The third-order valence-corrected chi connectivity index (χ3v) is 6.57. The van der Waals surface area contributed by atoms with Gasteiger partial charge in [0.25, 0.3) is 5.91 Å². The number of likely N-dealkylation sites (tertiary alicyclic amines) is 1. The standard InChI is InChI=1S/C19H21ClN4O4/c1-3-8(2)24-16(26)14-12(7-13(21)25)23-19(15(14)17(24)27)10-6-9(20)4-5-11(10)22-18(19)28/h4-6,8,12,14-15,23H,3,7H2,1-2H3,(H2,21,25)(H,22,28)/p+1/t8-,12-,14-,15+,19-/m1/s1. The fourth-order valence-corrected chi connectivity index (χ4v) is 5.17. The van der Waals surface area contributed by atoms with Crippen LogP contribution in [0, 0.1) is 11.8 Å². The van der Waals surface area contributed by atoms with Gasteiger partial charge in [0.05, 0.1) is 12.1 Å². The number of benzene rings is 1. The van der Waals surface area contributed by atoms with Crippen molar-refractivity contribution in [2.24, 2.45) is 17.6 Å². The Morgan fingerprint density at radius 1 is 1.36 bits per heavy atom. The number of rotatable bonds is 4. The lowest BCUT2D eigenvalue weighted by Gasteiger charge is -2.28. The van der Waals surface area contributed by atoms with Crippen molar-refractivity contribution >= 4 is 40.9 Å². The second kappa shape index (κ2) is 6.28. The number of primary amides is 1. The number of nitrogens with two attached hydrogens (primary N) is 2. The van der Waals surface area contributed by atoms with Crippen LogP contribution in [0.2, 0.25) is 5.02 Å². The maximum atomic E-state index is 13.4. The van der Waals surface area contributed by atoms with Gasteiger partial charge in [-0.1, -0.05) is 18.5 Å². The number of anilines is 1. The molecule has 4 rings (SSSR count). The first kappa shape index (κ1) is 18.9. The van der Waals surface area contributed by atoms with Crippen LogP contribution in [0.15, 0.2) is 18.2 Å². The Balaban J connectivity index is 1.90. The van der Waals surface area contributed by atoms with E-state index in [1.807, 2.05) is 6.92 Å². The number of fused-ring (bicyclic) bond motifs is 4. The fraction of sp³-hybridized carbons (Fsp3) is 0.474. The van der Waals surface area contributed by atoms with Gasteiger partial charge in [0.1, 0.15) is 17.9 Å². The first-order valence-corrected chi connectivity index (χ1v) is 9.72. The molecule has 2 fully saturated rings. The van der Waals surface area contributed by atoms with E-state index in [2.05, 4.69) is 5.32 Å². The van der Waals surface area contributed by atoms with E-state index in [0.717, 1.165) is 0 Å². The summed E-state index contributed by atoms with van der Waals surface area (Å²) in [4.78, 5) is 52.6. The lowest BCUT2D eigenvalue weighted by molar-refractivity contribution is -0.732. The van der Waals surface area contributed by atoms with Crippen molar-refractivity contribution in [2.75, 3.05) is 5.32 Å². The SMILES string of the molecule is CC[C@@H](C)N1C(=O)[C@H]2[C@@H](C1=O)[C@@]1([NH2+][C@@H]2CC(N)=O)C(=O)Nc2ccc(Cl)cc21. The first-order valence-electron chi connectivity index (χ1n) is 9.35. The van der Waals surface area contributed by atoms with E-state index in [1.165, 1.54) is 4.90 Å². The summed E-state index contributed by atoms with van der Waals surface area (Å²) >= 11 is 6.17. The van der Waals surface area contributed by atoms with Crippen LogP contribution in [0.1, 0.15) is 32.3 Å². The van der Waals surface area contributed by atoms with Crippen LogP contribution >= 0.6 is 11.6 Å². The molecule has 3 heterocycles. The molecule has 0 saturated carbocycles. The number of imide groups is 1. The number of quaternary nitrogens is 1. The number of carbonyl (C=O) groups excluding carboxylic acids is 4. The smallest absolute Gasteiger partial charge is 0.291 e. The predicted molar refractivity (Wildman–Crippen MR) is 99.9 cm³/mol. The van der Waals surface area contributed by atoms with E-state index >= 15 is 0 Å². The van der Waals surface area contributed by atoms with Crippen molar-refractivity contribution in [3.63, 3.8) is 0 Å². The topological polar surface area (TPSA) is 126 Å². The highest BCUT2D eigenvalue weighted by molar-refractivity contribution is 6.31. The summed E-state index contributed by atoms with van der Waals surface area (Å²) in [6.45, 7) is 3.69. The minimum atomic E-state index is -1.33. The van der Waals surface area contributed by atoms with Crippen LogP contribution in [0.4, 0.5) is 5.69 Å². The van der Waals surface area contributed by atoms with Gasteiger partial charge in [0.2, 0.25) is 23.3 Å². The van der Waals surface area contributed by atoms with Crippen molar-refractivity contribution in [1.82, 2.24) is 4.90 Å². The van der Waals surface area contributed by atoms with Gasteiger partial charge in [-0.25, -0.2) is 0 Å². The van der Waals surface area contributed by atoms with Crippen molar-refractivity contribution < 1.29 is 24.5 Å². The fourth-order valence-electron chi connectivity index (χ4n) is 4.99. The van der Waals surface area contributed by atoms with Crippen LogP contribution in [-0.2, 0) is 24.7 Å². The molecule has 0 aromatic heterocycles. The Hall–Kier alpha value is -2.45. The van der Waals surface area contributed by atoms with Crippen molar-refractivity contribution in [3.8, 4) is 0 Å². The van der Waals surface area contributed by atoms with Gasteiger partial charge in [-0.2, -0.15) is 0 Å². The molecular formula is C19H22ClN4O4+. The molecule has 2 saturated heterocycles. The summed E-state index contributed by atoms with van der Waals surface area (Å²) in [6.07, 6.45) is 0.502. The summed E-state index contributed by atoms with van der Waals surface area (Å²) in [5, 5.41) is 4.91. The number of nitrogens with zero attached hydrogens (tertiary/aromatic N) is 1. The number of hydrogen-bond donors (Lipinski definition) is 3.